The second-order valence-electron chi connectivity index (χ2n) is 10.3. The number of carbonyl (C=O) groups is 2. The number of amides is 2. The molecule has 1 fully saturated rings. The minimum absolute atomic E-state index is 0.00645. The summed E-state index contributed by atoms with van der Waals surface area (Å²) in [6.45, 7) is 4.98. The molecule has 9 nitrogen and oxygen atoms in total. The number of anilines is 1. The number of fused-ring (bicyclic) bond motifs is 2. The van der Waals surface area contributed by atoms with Crippen molar-refractivity contribution < 1.29 is 23.1 Å². The maximum atomic E-state index is 12.9. The molecule has 38 heavy (non-hydrogen) atoms. The molecule has 1 aromatic carbocycles. The van der Waals surface area contributed by atoms with Gasteiger partial charge in [0.05, 0.1) is 16.2 Å². The summed E-state index contributed by atoms with van der Waals surface area (Å²) in [6.07, 6.45) is 8.03. The molecule has 0 saturated carbocycles. The number of aryl methyl sites for hydroxylation is 1. The van der Waals surface area contributed by atoms with Crippen LogP contribution >= 0.6 is 0 Å². The van der Waals surface area contributed by atoms with Crippen LogP contribution in [0.25, 0.3) is 11.6 Å². The monoisotopic (exact) mass is 540 g/mol. The summed E-state index contributed by atoms with van der Waals surface area (Å²) < 4.78 is 25.0. The lowest BCUT2D eigenvalue weighted by molar-refractivity contribution is -0.135. The minimum atomic E-state index is -3.39. The Kier molecular flexibility index (Phi) is 7.74. The van der Waals surface area contributed by atoms with E-state index in [1.165, 1.54) is 16.8 Å². The number of benzene rings is 1. The lowest BCUT2D eigenvalue weighted by Crippen LogP contribution is -2.49. The van der Waals surface area contributed by atoms with Crippen LogP contribution in [0.4, 0.5) is 5.69 Å². The molecule has 2 aliphatic heterocycles. The maximum Gasteiger partial charge on any atom is 0.256 e. The minimum Gasteiger partial charge on any atom is -0.387 e. The molecule has 1 saturated heterocycles. The predicted molar refractivity (Wildman–Crippen MR) is 147 cm³/mol. The van der Waals surface area contributed by atoms with E-state index in [0.29, 0.717) is 29.9 Å². The highest BCUT2D eigenvalue weighted by molar-refractivity contribution is 7.91. The summed E-state index contributed by atoms with van der Waals surface area (Å²) in [4.78, 5) is 32.6. The first kappa shape index (κ1) is 26.6. The summed E-state index contributed by atoms with van der Waals surface area (Å²) in [7, 11) is -3.39. The number of H-pyrrole nitrogens is 1. The van der Waals surface area contributed by atoms with E-state index in [0.717, 1.165) is 63.9 Å². The molecule has 1 aliphatic carbocycles. The standard InChI is InChI=1S/C28H36N4O5S/c1-2-38(36,37)19-9-10-25-22(16-19)23(28(35)30-25)17-26-21(20-6-3-4-8-24(20)29-26)7-5-11-31-12-14-32(15-13-31)27(34)18-33/h9-10,16-17,29,33H,2-8,11-15,18H2,1H3,(H,30,35)/b23-17+. The van der Waals surface area contributed by atoms with Crippen molar-refractivity contribution in [2.24, 2.45) is 0 Å². The highest BCUT2D eigenvalue weighted by Gasteiger charge is 2.28. The lowest BCUT2D eigenvalue weighted by atomic mass is 9.92. The zero-order chi connectivity index (χ0) is 26.9. The fourth-order valence-corrected chi connectivity index (χ4v) is 6.71. The zero-order valence-corrected chi connectivity index (χ0v) is 22.7. The first-order chi connectivity index (χ1) is 18.3. The van der Waals surface area contributed by atoms with E-state index in [-0.39, 0.29) is 22.5 Å². The second kappa shape index (κ2) is 11.0. The van der Waals surface area contributed by atoms with Crippen molar-refractivity contribution in [2.75, 3.05) is 50.4 Å². The van der Waals surface area contributed by atoms with E-state index in [2.05, 4.69) is 15.2 Å². The molecule has 2 amide bonds. The van der Waals surface area contributed by atoms with Gasteiger partial charge in [0.25, 0.3) is 5.91 Å². The molecule has 204 valence electrons. The van der Waals surface area contributed by atoms with Gasteiger partial charge in [-0.2, -0.15) is 0 Å². The Bertz CT molecular complexity index is 1370. The van der Waals surface area contributed by atoms with Crippen LogP contribution in [0.2, 0.25) is 0 Å². The summed E-state index contributed by atoms with van der Waals surface area (Å²) >= 11 is 0. The van der Waals surface area contributed by atoms with E-state index >= 15 is 0 Å². The fourth-order valence-electron chi connectivity index (χ4n) is 5.80. The van der Waals surface area contributed by atoms with Gasteiger partial charge in [-0.05, 0) is 80.5 Å². The highest BCUT2D eigenvalue weighted by Crippen LogP contribution is 2.37. The van der Waals surface area contributed by atoms with Crippen LogP contribution in [0.1, 0.15) is 54.3 Å². The van der Waals surface area contributed by atoms with Crippen LogP contribution in [-0.4, -0.2) is 85.2 Å². The molecule has 5 rings (SSSR count). The smallest absolute Gasteiger partial charge is 0.256 e. The van der Waals surface area contributed by atoms with E-state index in [1.54, 1.807) is 30.0 Å². The normalized spacial score (nSPS) is 18.9. The third-order valence-corrected chi connectivity index (χ3v) is 9.74. The van der Waals surface area contributed by atoms with Crippen LogP contribution in [0, 0.1) is 0 Å². The van der Waals surface area contributed by atoms with E-state index in [1.807, 2.05) is 6.08 Å². The number of aromatic nitrogens is 1. The third kappa shape index (κ3) is 5.30. The Morgan fingerprint density at radius 3 is 2.63 bits per heavy atom. The molecule has 3 N–H and O–H groups in total. The van der Waals surface area contributed by atoms with Crippen molar-refractivity contribution >= 4 is 39.0 Å². The summed E-state index contributed by atoms with van der Waals surface area (Å²) in [6, 6.07) is 4.84. The highest BCUT2D eigenvalue weighted by atomic mass is 32.2. The SMILES string of the molecule is CCS(=O)(=O)c1ccc2c(c1)/C(=C\c1[nH]c3c(c1CCCN1CCN(C(=O)CO)CC1)CCCC3)C(=O)N2. The molecule has 2 aromatic rings. The van der Waals surface area contributed by atoms with Crippen molar-refractivity contribution in [1.29, 1.82) is 0 Å². The van der Waals surface area contributed by atoms with Gasteiger partial charge < -0.3 is 20.3 Å². The maximum absolute atomic E-state index is 12.9. The average molecular weight is 541 g/mol. The van der Waals surface area contributed by atoms with Crippen LogP contribution in [0.15, 0.2) is 23.1 Å². The van der Waals surface area contributed by atoms with Crippen LogP contribution < -0.4 is 5.32 Å². The lowest BCUT2D eigenvalue weighted by Gasteiger charge is -2.34. The number of hydrogen-bond acceptors (Lipinski definition) is 6. The average Bonchev–Trinajstić information content (AvgIpc) is 3.44. The number of nitrogens with zero attached hydrogens (tertiary/aromatic N) is 2. The van der Waals surface area contributed by atoms with Gasteiger partial charge in [0.15, 0.2) is 9.84 Å². The summed E-state index contributed by atoms with van der Waals surface area (Å²) in [5, 5.41) is 12.0. The van der Waals surface area contributed by atoms with Crippen molar-refractivity contribution in [1.82, 2.24) is 14.8 Å². The molecule has 1 aromatic heterocycles. The van der Waals surface area contributed by atoms with Crippen molar-refractivity contribution in [2.45, 2.75) is 50.3 Å². The van der Waals surface area contributed by atoms with Gasteiger partial charge in [0.2, 0.25) is 5.91 Å². The Morgan fingerprint density at radius 2 is 1.89 bits per heavy atom. The molecule has 3 aliphatic rings. The topological polar surface area (TPSA) is 123 Å². The Balaban J connectivity index is 1.37. The predicted octanol–water partition coefficient (Wildman–Crippen LogP) is 2.25. The fraction of sp³-hybridized carbons (Fsp3) is 0.500. The van der Waals surface area contributed by atoms with E-state index in [4.69, 9.17) is 5.11 Å². The Morgan fingerprint density at radius 1 is 1.13 bits per heavy atom. The largest absolute Gasteiger partial charge is 0.387 e. The van der Waals surface area contributed by atoms with Gasteiger partial charge in [0, 0.05) is 48.8 Å². The van der Waals surface area contributed by atoms with E-state index in [9.17, 15) is 18.0 Å². The molecule has 3 heterocycles. The van der Waals surface area contributed by atoms with Crippen molar-refractivity contribution in [3.05, 3.63) is 46.3 Å². The molecule has 10 heteroatoms. The van der Waals surface area contributed by atoms with Gasteiger partial charge in [-0.25, -0.2) is 8.42 Å². The van der Waals surface area contributed by atoms with Crippen molar-refractivity contribution in [3.8, 4) is 0 Å². The van der Waals surface area contributed by atoms with Gasteiger partial charge in [-0.15, -0.1) is 0 Å². The Labute approximate surface area is 223 Å². The second-order valence-corrected chi connectivity index (χ2v) is 12.6. The molecule has 0 spiro atoms. The van der Waals surface area contributed by atoms with E-state index < -0.39 is 16.4 Å². The molecule has 0 radical (unpaired) electrons. The van der Waals surface area contributed by atoms with Crippen LogP contribution in [-0.2, 0) is 38.7 Å². The number of sulfone groups is 1. The molecule has 0 atom stereocenters. The first-order valence-electron chi connectivity index (χ1n) is 13.5. The van der Waals surface area contributed by atoms with Crippen LogP contribution in [0.3, 0.4) is 0 Å². The van der Waals surface area contributed by atoms with Gasteiger partial charge in [-0.3, -0.25) is 14.5 Å². The summed E-state index contributed by atoms with van der Waals surface area (Å²) in [5.74, 6) is -0.426. The zero-order valence-electron chi connectivity index (χ0n) is 21.9. The number of aliphatic hydroxyl groups excluding tert-OH is 1. The van der Waals surface area contributed by atoms with Gasteiger partial charge >= 0.3 is 0 Å². The molecule has 0 unspecified atom stereocenters. The molecular formula is C28H36N4O5S. The first-order valence-corrected chi connectivity index (χ1v) is 15.2. The quantitative estimate of drug-likeness (QED) is 0.442. The molecular weight excluding hydrogens is 504 g/mol. The summed E-state index contributed by atoms with van der Waals surface area (Å²) in [5.41, 5.74) is 6.54. The number of aliphatic hydroxyl groups is 1. The van der Waals surface area contributed by atoms with Gasteiger partial charge in [0.1, 0.15) is 6.61 Å². The van der Waals surface area contributed by atoms with Crippen LogP contribution in [0.5, 0.6) is 0 Å². The number of carbonyl (C=O) groups excluding carboxylic acids is 2. The van der Waals surface area contributed by atoms with Crippen molar-refractivity contribution in [3.63, 3.8) is 0 Å². The molecule has 0 bridgehead atoms. The number of aromatic amines is 1. The number of hydrogen-bond donors (Lipinski definition) is 3. The van der Waals surface area contributed by atoms with Gasteiger partial charge in [-0.1, -0.05) is 6.92 Å². The number of rotatable bonds is 8. The number of nitrogens with one attached hydrogen (secondary N) is 2. The third-order valence-electron chi connectivity index (χ3n) is 8.01. The number of piperazine rings is 1. The Hall–Kier alpha value is -2.95.